The number of rotatable bonds is 7. The van der Waals surface area contributed by atoms with E-state index in [0.717, 1.165) is 55.9 Å². The molecular formula is C27H35N7O3. The Balaban J connectivity index is 1.02. The maximum atomic E-state index is 12.9. The molecule has 2 fully saturated rings. The summed E-state index contributed by atoms with van der Waals surface area (Å²) in [4.78, 5) is 30.9. The monoisotopic (exact) mass is 505 g/mol. The zero-order valence-corrected chi connectivity index (χ0v) is 21.8. The molecule has 37 heavy (non-hydrogen) atoms. The molecule has 10 heteroatoms. The van der Waals surface area contributed by atoms with Gasteiger partial charge in [0.2, 0.25) is 5.91 Å². The smallest absolute Gasteiger partial charge is 0.410 e. The SMILES string of the molecule is CC(C)(C)OC(=O)N1CC1CCCc1ccc(CC(=O)N2CCN(c3ccc4nncn4n3)CC2)cc1. The molecule has 2 aromatic heterocycles. The number of anilines is 1. The average Bonchev–Trinajstić information content (AvgIpc) is 3.50. The molecule has 0 spiro atoms. The number of carbonyl (C=O) groups is 2. The maximum Gasteiger partial charge on any atom is 0.410 e. The molecule has 2 aliphatic heterocycles. The molecule has 0 bridgehead atoms. The number of nitrogens with zero attached hydrogens (tertiary/aromatic N) is 7. The molecule has 10 nitrogen and oxygen atoms in total. The van der Waals surface area contributed by atoms with E-state index in [9.17, 15) is 9.59 Å². The van der Waals surface area contributed by atoms with Gasteiger partial charge in [-0.3, -0.25) is 4.79 Å². The van der Waals surface area contributed by atoms with Crippen LogP contribution in [0.5, 0.6) is 0 Å². The molecule has 1 aromatic carbocycles. The van der Waals surface area contributed by atoms with E-state index in [1.165, 1.54) is 5.56 Å². The van der Waals surface area contributed by atoms with Gasteiger partial charge in [0.05, 0.1) is 12.5 Å². The molecule has 1 unspecified atom stereocenters. The van der Waals surface area contributed by atoms with Gasteiger partial charge in [-0.15, -0.1) is 15.3 Å². The minimum atomic E-state index is -0.451. The third-order valence-electron chi connectivity index (χ3n) is 6.83. The van der Waals surface area contributed by atoms with Gasteiger partial charge in [-0.05, 0) is 63.3 Å². The largest absolute Gasteiger partial charge is 0.444 e. The van der Waals surface area contributed by atoms with Crippen LogP contribution in [0, 0.1) is 0 Å². The molecule has 5 rings (SSSR count). The highest BCUT2D eigenvalue weighted by Crippen LogP contribution is 2.26. The van der Waals surface area contributed by atoms with Gasteiger partial charge in [0.15, 0.2) is 5.65 Å². The standard InChI is InChI=1S/C27H35N7O3/c1-27(2,3)37-26(36)33-18-22(33)6-4-5-20-7-9-21(10-8-20)17-25(35)32-15-13-31(14-16-32)24-12-11-23-29-28-19-34(23)30-24/h7-12,19,22H,4-6,13-18H2,1-3H3. The average molecular weight is 506 g/mol. The van der Waals surface area contributed by atoms with Crippen LogP contribution in [0.3, 0.4) is 0 Å². The van der Waals surface area contributed by atoms with Crippen LogP contribution in [-0.4, -0.2) is 86.0 Å². The molecule has 2 saturated heterocycles. The van der Waals surface area contributed by atoms with E-state index < -0.39 is 5.60 Å². The number of aryl methyl sites for hydroxylation is 1. The Morgan fingerprint density at radius 3 is 2.46 bits per heavy atom. The lowest BCUT2D eigenvalue weighted by molar-refractivity contribution is -0.130. The van der Waals surface area contributed by atoms with E-state index in [1.54, 1.807) is 15.7 Å². The van der Waals surface area contributed by atoms with Gasteiger partial charge >= 0.3 is 6.09 Å². The highest BCUT2D eigenvalue weighted by atomic mass is 16.6. The molecule has 0 radical (unpaired) electrons. The summed E-state index contributed by atoms with van der Waals surface area (Å²) < 4.78 is 7.10. The second-order valence-electron chi connectivity index (χ2n) is 10.9. The van der Waals surface area contributed by atoms with Crippen LogP contribution in [0.25, 0.3) is 5.65 Å². The molecule has 0 aliphatic carbocycles. The zero-order chi connectivity index (χ0) is 26.0. The van der Waals surface area contributed by atoms with Crippen LogP contribution in [-0.2, 0) is 22.4 Å². The van der Waals surface area contributed by atoms with Crippen molar-refractivity contribution in [2.75, 3.05) is 37.6 Å². The summed E-state index contributed by atoms with van der Waals surface area (Å²) in [5, 5.41) is 12.4. The Kier molecular flexibility index (Phi) is 6.99. The Morgan fingerprint density at radius 2 is 1.73 bits per heavy atom. The molecule has 2 amide bonds. The van der Waals surface area contributed by atoms with Crippen molar-refractivity contribution in [2.45, 2.75) is 58.1 Å². The van der Waals surface area contributed by atoms with E-state index in [4.69, 9.17) is 4.74 Å². The first-order valence-corrected chi connectivity index (χ1v) is 13.0. The second kappa shape index (κ2) is 10.4. The summed E-state index contributed by atoms with van der Waals surface area (Å²) >= 11 is 0. The van der Waals surface area contributed by atoms with Gasteiger partial charge in [0.1, 0.15) is 17.7 Å². The van der Waals surface area contributed by atoms with Crippen molar-refractivity contribution in [3.8, 4) is 0 Å². The molecule has 1 atom stereocenters. The highest BCUT2D eigenvalue weighted by Gasteiger charge is 2.40. The Hall–Kier alpha value is -3.69. The van der Waals surface area contributed by atoms with Gasteiger partial charge in [-0.2, -0.15) is 4.52 Å². The van der Waals surface area contributed by atoms with Crippen LogP contribution in [0.15, 0.2) is 42.7 Å². The normalized spacial score (nSPS) is 17.8. The Bertz CT molecular complexity index is 1240. The molecule has 4 heterocycles. The number of aromatic nitrogens is 4. The van der Waals surface area contributed by atoms with Gasteiger partial charge in [-0.1, -0.05) is 24.3 Å². The van der Waals surface area contributed by atoms with Crippen molar-refractivity contribution in [3.05, 3.63) is 53.9 Å². The van der Waals surface area contributed by atoms with Crippen molar-refractivity contribution in [3.63, 3.8) is 0 Å². The quantitative estimate of drug-likeness (QED) is 0.456. The van der Waals surface area contributed by atoms with Crippen molar-refractivity contribution < 1.29 is 14.3 Å². The highest BCUT2D eigenvalue weighted by molar-refractivity contribution is 5.79. The first-order chi connectivity index (χ1) is 17.7. The van der Waals surface area contributed by atoms with E-state index in [0.29, 0.717) is 25.6 Å². The summed E-state index contributed by atoms with van der Waals surface area (Å²) in [6.45, 7) is 9.32. The fraction of sp³-hybridized carbons (Fsp3) is 0.519. The molecule has 196 valence electrons. The summed E-state index contributed by atoms with van der Waals surface area (Å²) in [5.74, 6) is 1.03. The lowest BCUT2D eigenvalue weighted by atomic mass is 10.0. The number of carbonyl (C=O) groups excluding carboxylic acids is 2. The maximum absolute atomic E-state index is 12.9. The van der Waals surface area contributed by atoms with Crippen LogP contribution in [0.1, 0.15) is 44.7 Å². The van der Waals surface area contributed by atoms with Crippen molar-refractivity contribution in [1.82, 2.24) is 29.6 Å². The molecule has 0 saturated carbocycles. The van der Waals surface area contributed by atoms with Crippen molar-refractivity contribution in [2.24, 2.45) is 0 Å². The van der Waals surface area contributed by atoms with Gasteiger partial charge in [0.25, 0.3) is 0 Å². The third kappa shape index (κ3) is 6.36. The summed E-state index contributed by atoms with van der Waals surface area (Å²) in [5.41, 5.74) is 2.56. The number of piperazine rings is 1. The minimum absolute atomic E-state index is 0.158. The Morgan fingerprint density at radius 1 is 1.00 bits per heavy atom. The molecular weight excluding hydrogens is 470 g/mol. The number of amides is 2. The number of ether oxygens (including phenoxy) is 1. The minimum Gasteiger partial charge on any atom is -0.444 e. The number of fused-ring (bicyclic) bond motifs is 1. The number of hydrogen-bond donors (Lipinski definition) is 0. The van der Waals surface area contributed by atoms with Gasteiger partial charge in [0, 0.05) is 32.7 Å². The van der Waals surface area contributed by atoms with E-state index in [1.807, 2.05) is 37.8 Å². The van der Waals surface area contributed by atoms with Gasteiger partial charge < -0.3 is 19.4 Å². The zero-order valence-electron chi connectivity index (χ0n) is 21.8. The number of benzene rings is 1. The molecule has 3 aromatic rings. The fourth-order valence-corrected chi connectivity index (χ4v) is 4.70. The lowest BCUT2D eigenvalue weighted by Gasteiger charge is -2.35. The second-order valence-corrected chi connectivity index (χ2v) is 10.9. The van der Waals surface area contributed by atoms with Crippen LogP contribution in [0.4, 0.5) is 10.6 Å². The predicted molar refractivity (Wildman–Crippen MR) is 139 cm³/mol. The fourth-order valence-electron chi connectivity index (χ4n) is 4.70. The summed E-state index contributed by atoms with van der Waals surface area (Å²) in [6.07, 6.45) is 4.76. The van der Waals surface area contributed by atoms with E-state index in [2.05, 4.69) is 44.5 Å². The molecule has 0 N–H and O–H groups in total. The first kappa shape index (κ1) is 25.0. The van der Waals surface area contributed by atoms with E-state index >= 15 is 0 Å². The third-order valence-corrected chi connectivity index (χ3v) is 6.83. The first-order valence-electron chi connectivity index (χ1n) is 13.0. The van der Waals surface area contributed by atoms with Crippen molar-refractivity contribution >= 4 is 23.5 Å². The predicted octanol–water partition coefficient (Wildman–Crippen LogP) is 2.96. The molecule has 2 aliphatic rings. The van der Waals surface area contributed by atoms with Crippen LogP contribution < -0.4 is 4.90 Å². The topological polar surface area (TPSA) is 95.9 Å². The van der Waals surface area contributed by atoms with E-state index in [-0.39, 0.29) is 12.0 Å². The van der Waals surface area contributed by atoms with Crippen molar-refractivity contribution in [1.29, 1.82) is 0 Å². The van der Waals surface area contributed by atoms with Crippen LogP contribution in [0.2, 0.25) is 0 Å². The summed E-state index contributed by atoms with van der Waals surface area (Å²) in [7, 11) is 0. The van der Waals surface area contributed by atoms with Crippen LogP contribution >= 0.6 is 0 Å². The lowest BCUT2D eigenvalue weighted by Crippen LogP contribution is -2.49. The van der Waals surface area contributed by atoms with Gasteiger partial charge in [-0.25, -0.2) is 4.79 Å². The Labute approximate surface area is 217 Å². The number of hydrogen-bond acceptors (Lipinski definition) is 7. The summed E-state index contributed by atoms with van der Waals surface area (Å²) in [6, 6.07) is 12.5.